The number of halogens is 2. The molecule has 0 bridgehead atoms. The SMILES string of the molecule is Cn1ccnc1C(NC(=O)c1ccc(Br)cc1)c1cccc(F)c1. The largest absolute Gasteiger partial charge is 0.338 e. The lowest BCUT2D eigenvalue weighted by Crippen LogP contribution is -2.31. The molecule has 24 heavy (non-hydrogen) atoms. The van der Waals surface area contributed by atoms with Gasteiger partial charge < -0.3 is 9.88 Å². The van der Waals surface area contributed by atoms with Crippen molar-refractivity contribution in [2.24, 2.45) is 7.05 Å². The number of carbonyl (C=O) groups is 1. The number of imidazole rings is 1. The van der Waals surface area contributed by atoms with Crippen molar-refractivity contribution < 1.29 is 9.18 Å². The van der Waals surface area contributed by atoms with Gasteiger partial charge in [0.1, 0.15) is 17.7 Å². The van der Waals surface area contributed by atoms with Gasteiger partial charge in [0.05, 0.1) is 0 Å². The summed E-state index contributed by atoms with van der Waals surface area (Å²) in [6, 6.07) is 12.7. The zero-order valence-electron chi connectivity index (χ0n) is 12.9. The fourth-order valence-corrected chi connectivity index (χ4v) is 2.72. The fraction of sp³-hybridized carbons (Fsp3) is 0.111. The van der Waals surface area contributed by atoms with Crippen molar-refractivity contribution in [1.29, 1.82) is 0 Å². The van der Waals surface area contributed by atoms with Gasteiger partial charge in [-0.25, -0.2) is 9.37 Å². The van der Waals surface area contributed by atoms with Crippen LogP contribution in [0.5, 0.6) is 0 Å². The number of aryl methyl sites for hydroxylation is 1. The Morgan fingerprint density at radius 3 is 2.62 bits per heavy atom. The van der Waals surface area contributed by atoms with Gasteiger partial charge in [0.25, 0.3) is 5.91 Å². The summed E-state index contributed by atoms with van der Waals surface area (Å²) in [5.74, 6) is 0.0235. The lowest BCUT2D eigenvalue weighted by atomic mass is 10.0. The van der Waals surface area contributed by atoms with E-state index in [0.717, 1.165) is 4.47 Å². The van der Waals surface area contributed by atoms with E-state index in [9.17, 15) is 9.18 Å². The van der Waals surface area contributed by atoms with E-state index >= 15 is 0 Å². The number of nitrogens with zero attached hydrogens (tertiary/aromatic N) is 2. The highest BCUT2D eigenvalue weighted by Crippen LogP contribution is 2.22. The molecule has 1 unspecified atom stereocenters. The Morgan fingerprint density at radius 2 is 2.00 bits per heavy atom. The van der Waals surface area contributed by atoms with Crippen LogP contribution in [0.2, 0.25) is 0 Å². The monoisotopic (exact) mass is 387 g/mol. The molecule has 6 heteroatoms. The van der Waals surface area contributed by atoms with Gasteiger partial charge in [0.15, 0.2) is 0 Å². The molecule has 1 heterocycles. The summed E-state index contributed by atoms with van der Waals surface area (Å²) >= 11 is 3.34. The zero-order chi connectivity index (χ0) is 17.1. The van der Waals surface area contributed by atoms with E-state index in [-0.39, 0.29) is 11.7 Å². The second-order valence-electron chi connectivity index (χ2n) is 5.36. The quantitative estimate of drug-likeness (QED) is 0.738. The lowest BCUT2D eigenvalue weighted by molar-refractivity contribution is 0.0941. The summed E-state index contributed by atoms with van der Waals surface area (Å²) in [6.07, 6.45) is 3.43. The van der Waals surface area contributed by atoms with E-state index in [1.807, 2.05) is 7.05 Å². The molecule has 2 aromatic carbocycles. The van der Waals surface area contributed by atoms with E-state index in [0.29, 0.717) is 17.0 Å². The molecule has 3 rings (SSSR count). The van der Waals surface area contributed by atoms with Crippen molar-refractivity contribution in [1.82, 2.24) is 14.9 Å². The van der Waals surface area contributed by atoms with Crippen molar-refractivity contribution in [3.8, 4) is 0 Å². The first-order valence-corrected chi connectivity index (χ1v) is 8.13. The van der Waals surface area contributed by atoms with Gasteiger partial charge >= 0.3 is 0 Å². The number of nitrogens with one attached hydrogen (secondary N) is 1. The lowest BCUT2D eigenvalue weighted by Gasteiger charge is -2.19. The fourth-order valence-electron chi connectivity index (χ4n) is 2.45. The minimum absolute atomic E-state index is 0.250. The Hall–Kier alpha value is -2.47. The molecule has 0 saturated carbocycles. The molecule has 122 valence electrons. The molecule has 1 atom stereocenters. The Bertz CT molecular complexity index is 861. The predicted molar refractivity (Wildman–Crippen MR) is 93.1 cm³/mol. The number of amides is 1. The molecule has 1 N–H and O–H groups in total. The van der Waals surface area contributed by atoms with Gasteiger partial charge in [0, 0.05) is 29.5 Å². The summed E-state index contributed by atoms with van der Waals surface area (Å²) < 4.78 is 16.3. The van der Waals surface area contributed by atoms with Gasteiger partial charge in [-0.1, -0.05) is 28.1 Å². The molecule has 0 fully saturated rings. The molecule has 0 saturated heterocycles. The number of rotatable bonds is 4. The maximum atomic E-state index is 13.6. The molecule has 1 amide bonds. The third-order valence-electron chi connectivity index (χ3n) is 3.68. The van der Waals surface area contributed by atoms with Crippen LogP contribution >= 0.6 is 15.9 Å². The average Bonchev–Trinajstić information content (AvgIpc) is 2.99. The first-order chi connectivity index (χ1) is 11.5. The van der Waals surface area contributed by atoms with Gasteiger partial charge in [-0.05, 0) is 42.0 Å². The van der Waals surface area contributed by atoms with Crippen LogP contribution in [0.15, 0.2) is 65.4 Å². The van der Waals surface area contributed by atoms with Crippen molar-refractivity contribution in [2.75, 3.05) is 0 Å². The van der Waals surface area contributed by atoms with Crippen LogP contribution in [0.25, 0.3) is 0 Å². The highest BCUT2D eigenvalue weighted by Gasteiger charge is 2.21. The topological polar surface area (TPSA) is 46.9 Å². The Balaban J connectivity index is 1.95. The minimum atomic E-state index is -0.545. The Labute approximate surface area is 147 Å². The highest BCUT2D eigenvalue weighted by molar-refractivity contribution is 9.10. The standard InChI is InChI=1S/C18H15BrFN3O/c1-23-10-9-21-17(23)16(13-3-2-4-15(20)11-13)22-18(24)12-5-7-14(19)8-6-12/h2-11,16H,1H3,(H,22,24). The molecular formula is C18H15BrFN3O. The van der Waals surface area contributed by atoms with E-state index in [4.69, 9.17) is 0 Å². The van der Waals surface area contributed by atoms with E-state index in [1.54, 1.807) is 53.4 Å². The molecule has 0 aliphatic rings. The number of hydrogen-bond acceptors (Lipinski definition) is 2. The Morgan fingerprint density at radius 1 is 1.25 bits per heavy atom. The summed E-state index contributed by atoms with van der Waals surface area (Å²) in [5, 5.41) is 2.94. The molecule has 3 aromatic rings. The summed E-state index contributed by atoms with van der Waals surface area (Å²) in [4.78, 5) is 16.9. The maximum Gasteiger partial charge on any atom is 0.252 e. The van der Waals surface area contributed by atoms with Crippen LogP contribution in [0.3, 0.4) is 0 Å². The summed E-state index contributed by atoms with van der Waals surface area (Å²) in [7, 11) is 1.83. The van der Waals surface area contributed by atoms with Crippen molar-refractivity contribution in [3.05, 3.63) is 88.2 Å². The number of benzene rings is 2. The number of aromatic nitrogens is 2. The second-order valence-corrected chi connectivity index (χ2v) is 6.28. The first-order valence-electron chi connectivity index (χ1n) is 7.34. The zero-order valence-corrected chi connectivity index (χ0v) is 14.5. The van der Waals surface area contributed by atoms with Crippen molar-refractivity contribution >= 4 is 21.8 Å². The van der Waals surface area contributed by atoms with E-state index in [1.165, 1.54) is 12.1 Å². The second kappa shape index (κ2) is 6.97. The predicted octanol–water partition coefficient (Wildman–Crippen LogP) is 3.84. The first kappa shape index (κ1) is 16.4. The normalized spacial score (nSPS) is 12.0. The molecule has 0 spiro atoms. The van der Waals surface area contributed by atoms with Crippen LogP contribution in [-0.2, 0) is 7.05 Å². The van der Waals surface area contributed by atoms with Crippen LogP contribution in [0, 0.1) is 5.82 Å². The maximum absolute atomic E-state index is 13.6. The number of hydrogen-bond donors (Lipinski definition) is 1. The molecular weight excluding hydrogens is 373 g/mol. The van der Waals surface area contributed by atoms with Crippen LogP contribution in [0.1, 0.15) is 27.8 Å². The summed E-state index contributed by atoms with van der Waals surface area (Å²) in [5.41, 5.74) is 1.16. The molecule has 0 aliphatic heterocycles. The van der Waals surface area contributed by atoms with Gasteiger partial charge in [0.2, 0.25) is 0 Å². The molecule has 4 nitrogen and oxygen atoms in total. The molecule has 0 radical (unpaired) electrons. The van der Waals surface area contributed by atoms with Crippen molar-refractivity contribution in [2.45, 2.75) is 6.04 Å². The van der Waals surface area contributed by atoms with E-state index < -0.39 is 6.04 Å². The van der Waals surface area contributed by atoms with Gasteiger partial charge in [-0.3, -0.25) is 4.79 Å². The van der Waals surface area contributed by atoms with Gasteiger partial charge in [-0.15, -0.1) is 0 Å². The smallest absolute Gasteiger partial charge is 0.252 e. The van der Waals surface area contributed by atoms with Crippen LogP contribution < -0.4 is 5.32 Å². The number of carbonyl (C=O) groups excluding carboxylic acids is 1. The third kappa shape index (κ3) is 3.54. The van der Waals surface area contributed by atoms with E-state index in [2.05, 4.69) is 26.2 Å². The third-order valence-corrected chi connectivity index (χ3v) is 4.21. The molecule has 0 aliphatic carbocycles. The highest BCUT2D eigenvalue weighted by atomic mass is 79.9. The molecule has 1 aromatic heterocycles. The van der Waals surface area contributed by atoms with Crippen LogP contribution in [0.4, 0.5) is 4.39 Å². The van der Waals surface area contributed by atoms with Crippen LogP contribution in [-0.4, -0.2) is 15.5 Å². The summed E-state index contributed by atoms with van der Waals surface area (Å²) in [6.45, 7) is 0. The minimum Gasteiger partial charge on any atom is -0.338 e. The Kier molecular flexibility index (Phi) is 4.76. The van der Waals surface area contributed by atoms with Gasteiger partial charge in [-0.2, -0.15) is 0 Å². The van der Waals surface area contributed by atoms with Crippen molar-refractivity contribution in [3.63, 3.8) is 0 Å². The average molecular weight is 388 g/mol.